The molecule has 0 aromatic heterocycles. The van der Waals surface area contributed by atoms with Gasteiger partial charge in [-0.3, -0.25) is 10.1 Å². The zero-order valence-electron chi connectivity index (χ0n) is 21.1. The normalized spacial score (nSPS) is 17.0. The Bertz CT molecular complexity index is 807. The van der Waals surface area contributed by atoms with Crippen molar-refractivity contribution in [1.82, 2.24) is 5.32 Å². The zero-order chi connectivity index (χ0) is 24.0. The van der Waals surface area contributed by atoms with E-state index in [0.29, 0.717) is 5.84 Å². The summed E-state index contributed by atoms with van der Waals surface area (Å²) >= 11 is 0. The molecule has 6 heteroatoms. The summed E-state index contributed by atoms with van der Waals surface area (Å²) in [5.41, 5.74) is 1.90. The van der Waals surface area contributed by atoms with Gasteiger partial charge in [-0.2, -0.15) is 4.99 Å². The van der Waals surface area contributed by atoms with E-state index in [-0.39, 0.29) is 5.91 Å². The predicted octanol–water partition coefficient (Wildman–Crippen LogP) is 7.20. The van der Waals surface area contributed by atoms with Crippen LogP contribution in [0.15, 0.2) is 29.3 Å². The van der Waals surface area contributed by atoms with Gasteiger partial charge in [0.05, 0.1) is 11.4 Å². The van der Waals surface area contributed by atoms with E-state index in [0.717, 1.165) is 30.8 Å². The Kier molecular flexibility index (Phi) is 11.4. The molecular formula is C28H44N4O2. The number of fused-ring (bicyclic) bond motifs is 2. The fourth-order valence-corrected chi connectivity index (χ4v) is 5.00. The van der Waals surface area contributed by atoms with Gasteiger partial charge in [-0.05, 0) is 18.6 Å². The molecule has 0 saturated carbocycles. The Morgan fingerprint density at radius 3 is 1.88 bits per heavy atom. The van der Waals surface area contributed by atoms with E-state index in [1.165, 1.54) is 89.9 Å². The number of carbonyl (C=O) groups excluding carboxylic acids is 2. The summed E-state index contributed by atoms with van der Waals surface area (Å²) in [5, 5.41) is 5.52. The van der Waals surface area contributed by atoms with Gasteiger partial charge in [0.1, 0.15) is 5.84 Å². The van der Waals surface area contributed by atoms with Crippen molar-refractivity contribution in [3.63, 3.8) is 0 Å². The minimum absolute atomic E-state index is 0.332. The van der Waals surface area contributed by atoms with Crippen molar-refractivity contribution in [2.45, 2.75) is 116 Å². The third-order valence-electron chi connectivity index (χ3n) is 6.97. The van der Waals surface area contributed by atoms with E-state index in [4.69, 9.17) is 0 Å². The fourth-order valence-electron chi connectivity index (χ4n) is 5.00. The summed E-state index contributed by atoms with van der Waals surface area (Å²) in [4.78, 5) is 30.3. The molecule has 6 nitrogen and oxygen atoms in total. The summed E-state index contributed by atoms with van der Waals surface area (Å²) in [7, 11) is 0. The minimum Gasteiger partial charge on any atom is -0.366 e. The highest BCUT2D eigenvalue weighted by molar-refractivity contribution is 6.26. The maximum Gasteiger partial charge on any atom is 0.349 e. The lowest BCUT2D eigenvalue weighted by molar-refractivity contribution is -0.119. The van der Waals surface area contributed by atoms with Gasteiger partial charge in [0.25, 0.3) is 5.91 Å². The van der Waals surface area contributed by atoms with Crippen LogP contribution in [0.4, 0.5) is 16.2 Å². The number of nitrogens with zero attached hydrogens (tertiary/aromatic N) is 2. The SMILES string of the molecule is CCCCCCCCCCCCCCCCCCN1C2=NC(=O)NC(=O)C2Nc2ccccc21. The minimum atomic E-state index is -0.603. The Morgan fingerprint density at radius 1 is 0.765 bits per heavy atom. The van der Waals surface area contributed by atoms with E-state index in [1.54, 1.807) is 0 Å². The number of hydrogen-bond acceptors (Lipinski definition) is 4. The van der Waals surface area contributed by atoms with Crippen LogP contribution in [0.2, 0.25) is 0 Å². The van der Waals surface area contributed by atoms with Gasteiger partial charge in [0, 0.05) is 6.54 Å². The number of aliphatic imine (C=N–C) groups is 1. The summed E-state index contributed by atoms with van der Waals surface area (Å²) < 4.78 is 0. The molecule has 0 spiro atoms. The first-order chi connectivity index (χ1) is 16.7. The molecule has 3 rings (SSSR count). The van der Waals surface area contributed by atoms with Gasteiger partial charge in [0.2, 0.25) is 0 Å². The topological polar surface area (TPSA) is 73.8 Å². The highest BCUT2D eigenvalue weighted by Crippen LogP contribution is 2.33. The molecule has 34 heavy (non-hydrogen) atoms. The molecule has 0 fully saturated rings. The van der Waals surface area contributed by atoms with Gasteiger partial charge in [-0.1, -0.05) is 115 Å². The Hall–Kier alpha value is -2.37. The summed E-state index contributed by atoms with van der Waals surface area (Å²) in [6, 6.07) is 6.74. The van der Waals surface area contributed by atoms with Gasteiger partial charge in [-0.15, -0.1) is 0 Å². The summed E-state index contributed by atoms with van der Waals surface area (Å²) in [5.74, 6) is 0.190. The van der Waals surface area contributed by atoms with Crippen molar-refractivity contribution >= 4 is 29.1 Å². The molecule has 2 heterocycles. The molecule has 0 aliphatic carbocycles. The number of anilines is 2. The Morgan fingerprint density at radius 2 is 1.29 bits per heavy atom. The lowest BCUT2D eigenvalue weighted by Crippen LogP contribution is -2.59. The number of urea groups is 1. The lowest BCUT2D eigenvalue weighted by atomic mass is 10.0. The maximum atomic E-state index is 12.3. The molecule has 0 bridgehead atoms. The summed E-state index contributed by atoms with van der Waals surface area (Å²) in [6.07, 6.45) is 21.4. The number of amides is 3. The van der Waals surface area contributed by atoms with Crippen molar-refractivity contribution in [3.8, 4) is 0 Å². The van der Waals surface area contributed by atoms with E-state index in [2.05, 4.69) is 27.4 Å². The van der Waals surface area contributed by atoms with Gasteiger partial charge in [-0.25, -0.2) is 4.79 Å². The van der Waals surface area contributed by atoms with Crippen LogP contribution in [-0.2, 0) is 4.79 Å². The number of para-hydroxylation sites is 2. The number of amidine groups is 1. The van der Waals surface area contributed by atoms with E-state index in [1.807, 2.05) is 24.3 Å². The highest BCUT2D eigenvalue weighted by atomic mass is 16.2. The monoisotopic (exact) mass is 468 g/mol. The standard InChI is InChI=1S/C28H44N4O2/c1-2-3-4-5-6-7-8-9-10-11-12-13-14-15-16-19-22-32-24-21-18-17-20-23(24)29-25-26(32)30-28(34)31-27(25)33/h17-18,20-21,25,29H,2-16,19,22H2,1H3,(H,31,33,34). The number of imide groups is 1. The average Bonchev–Trinajstić information content (AvgIpc) is 2.83. The van der Waals surface area contributed by atoms with E-state index in [9.17, 15) is 9.59 Å². The number of carbonyl (C=O) groups is 2. The Labute approximate surface area is 206 Å². The van der Waals surface area contributed by atoms with Crippen LogP contribution in [0.3, 0.4) is 0 Å². The van der Waals surface area contributed by atoms with Crippen molar-refractivity contribution in [2.75, 3.05) is 16.8 Å². The lowest BCUT2D eigenvalue weighted by Gasteiger charge is -2.38. The van der Waals surface area contributed by atoms with Gasteiger partial charge in [0.15, 0.2) is 6.04 Å². The van der Waals surface area contributed by atoms with E-state index >= 15 is 0 Å². The molecule has 1 aromatic carbocycles. The number of hydrogen-bond donors (Lipinski definition) is 2. The fraction of sp³-hybridized carbons (Fsp3) is 0.679. The second-order valence-corrected chi connectivity index (χ2v) is 9.81. The molecule has 188 valence electrons. The molecule has 1 unspecified atom stereocenters. The van der Waals surface area contributed by atoms with Crippen LogP contribution >= 0.6 is 0 Å². The molecule has 0 radical (unpaired) electrons. The van der Waals surface area contributed by atoms with Gasteiger partial charge >= 0.3 is 6.03 Å². The van der Waals surface area contributed by atoms with Crippen molar-refractivity contribution in [3.05, 3.63) is 24.3 Å². The second kappa shape index (κ2) is 14.8. The third-order valence-corrected chi connectivity index (χ3v) is 6.97. The van der Waals surface area contributed by atoms with Crippen molar-refractivity contribution in [2.24, 2.45) is 4.99 Å². The quantitative estimate of drug-likeness (QED) is 0.237. The Balaban J connectivity index is 1.26. The molecule has 2 N–H and O–H groups in total. The zero-order valence-corrected chi connectivity index (χ0v) is 21.1. The van der Waals surface area contributed by atoms with Crippen LogP contribution in [0.1, 0.15) is 110 Å². The molecule has 2 aliphatic rings. The maximum absolute atomic E-state index is 12.3. The molecule has 0 saturated heterocycles. The number of unbranched alkanes of at least 4 members (excludes halogenated alkanes) is 15. The molecule has 2 aliphatic heterocycles. The number of nitrogens with one attached hydrogen (secondary N) is 2. The largest absolute Gasteiger partial charge is 0.366 e. The predicted molar refractivity (Wildman–Crippen MR) is 142 cm³/mol. The number of rotatable bonds is 17. The van der Waals surface area contributed by atoms with Crippen LogP contribution in [0.25, 0.3) is 0 Å². The number of benzene rings is 1. The van der Waals surface area contributed by atoms with Crippen LogP contribution in [0.5, 0.6) is 0 Å². The van der Waals surface area contributed by atoms with Crippen LogP contribution < -0.4 is 15.5 Å². The molecule has 1 atom stereocenters. The third kappa shape index (κ3) is 8.14. The molecule has 1 aromatic rings. The van der Waals surface area contributed by atoms with E-state index < -0.39 is 12.1 Å². The first kappa shape index (κ1) is 26.2. The van der Waals surface area contributed by atoms with Crippen molar-refractivity contribution < 1.29 is 9.59 Å². The second-order valence-electron chi connectivity index (χ2n) is 9.81. The van der Waals surface area contributed by atoms with Crippen molar-refractivity contribution in [1.29, 1.82) is 0 Å². The first-order valence-electron chi connectivity index (χ1n) is 13.8. The van der Waals surface area contributed by atoms with Gasteiger partial charge < -0.3 is 10.2 Å². The molecular weight excluding hydrogens is 424 g/mol. The highest BCUT2D eigenvalue weighted by Gasteiger charge is 2.38. The average molecular weight is 469 g/mol. The first-order valence-corrected chi connectivity index (χ1v) is 13.8. The smallest absolute Gasteiger partial charge is 0.349 e. The summed E-state index contributed by atoms with van der Waals surface area (Å²) in [6.45, 7) is 3.05. The van der Waals surface area contributed by atoms with Crippen LogP contribution in [0, 0.1) is 0 Å². The van der Waals surface area contributed by atoms with Crippen LogP contribution in [-0.4, -0.2) is 30.4 Å². The molecule has 3 amide bonds.